The number of benzene rings is 1. The number of nitrogens with zero attached hydrogens (tertiary/aromatic N) is 2. The number of halogens is 2. The molecule has 0 spiro atoms. The molecule has 6 nitrogen and oxygen atoms in total. The maximum Gasteiger partial charge on any atom is 0.364 e. The van der Waals surface area contributed by atoms with Gasteiger partial charge in [-0.15, -0.1) is 5.06 Å². The van der Waals surface area contributed by atoms with Gasteiger partial charge in [0.1, 0.15) is 5.56 Å². The van der Waals surface area contributed by atoms with Crippen molar-refractivity contribution in [1.82, 2.24) is 5.06 Å². The molecule has 0 atom stereocenters. The average Bonchev–Trinajstić information content (AvgIpc) is 2.42. The summed E-state index contributed by atoms with van der Waals surface area (Å²) < 4.78 is 0. The van der Waals surface area contributed by atoms with Crippen LogP contribution in [0.15, 0.2) is 12.1 Å². The van der Waals surface area contributed by atoms with Crippen molar-refractivity contribution in [2.24, 2.45) is 0 Å². The number of carbonyl (C=O) groups excluding carboxylic acids is 1. The number of hydroxylamine groups is 2. The Bertz CT molecular complexity index is 545. The second kappa shape index (κ2) is 6.39. The summed E-state index contributed by atoms with van der Waals surface area (Å²) in [5.74, 6) is -0.794. The van der Waals surface area contributed by atoms with Gasteiger partial charge in [0.15, 0.2) is 0 Å². The number of hydrogen-bond acceptors (Lipinski definition) is 5. The van der Waals surface area contributed by atoms with Crippen molar-refractivity contribution in [3.8, 4) is 0 Å². The summed E-state index contributed by atoms with van der Waals surface area (Å²) in [5, 5.41) is 12.6. The monoisotopic (exact) mass is 318 g/mol. The van der Waals surface area contributed by atoms with E-state index in [1.165, 1.54) is 5.06 Å². The molecule has 0 saturated carbocycles. The maximum atomic E-state index is 12.0. The second-order valence-electron chi connectivity index (χ2n) is 4.41. The SMILES string of the molecule is O=C(ON1CCCCC1)c1cc(Cl)c(Cl)cc1[N+](=O)[O-]. The van der Waals surface area contributed by atoms with Crippen LogP contribution >= 0.6 is 23.2 Å². The van der Waals surface area contributed by atoms with Crippen LogP contribution in [0.2, 0.25) is 10.0 Å². The molecule has 2 rings (SSSR count). The smallest absolute Gasteiger partial charge is 0.364 e. The lowest BCUT2D eigenvalue weighted by molar-refractivity contribution is -0.385. The zero-order valence-corrected chi connectivity index (χ0v) is 12.0. The van der Waals surface area contributed by atoms with Gasteiger partial charge in [0.05, 0.1) is 15.0 Å². The zero-order valence-electron chi connectivity index (χ0n) is 10.5. The molecule has 0 N–H and O–H groups in total. The topological polar surface area (TPSA) is 72.7 Å². The first-order chi connectivity index (χ1) is 9.49. The van der Waals surface area contributed by atoms with Gasteiger partial charge in [-0.2, -0.15) is 0 Å². The van der Waals surface area contributed by atoms with E-state index in [0.717, 1.165) is 31.4 Å². The fourth-order valence-corrected chi connectivity index (χ4v) is 2.30. The van der Waals surface area contributed by atoms with Gasteiger partial charge in [0, 0.05) is 19.2 Å². The minimum atomic E-state index is -0.794. The molecule has 1 saturated heterocycles. The molecule has 108 valence electrons. The number of hydrogen-bond donors (Lipinski definition) is 0. The van der Waals surface area contributed by atoms with Gasteiger partial charge in [-0.05, 0) is 18.9 Å². The van der Waals surface area contributed by atoms with Gasteiger partial charge < -0.3 is 4.84 Å². The van der Waals surface area contributed by atoms with E-state index < -0.39 is 16.6 Å². The third-order valence-electron chi connectivity index (χ3n) is 2.98. The Morgan fingerprint density at radius 1 is 1.20 bits per heavy atom. The summed E-state index contributed by atoms with van der Waals surface area (Å²) in [7, 11) is 0. The summed E-state index contributed by atoms with van der Waals surface area (Å²) in [6.07, 6.45) is 2.94. The normalized spacial score (nSPS) is 15.9. The Balaban J connectivity index is 2.23. The Morgan fingerprint density at radius 2 is 1.80 bits per heavy atom. The summed E-state index contributed by atoms with van der Waals surface area (Å²) in [4.78, 5) is 27.5. The molecule has 0 amide bonds. The van der Waals surface area contributed by atoms with Crippen LogP contribution in [0.5, 0.6) is 0 Å². The van der Waals surface area contributed by atoms with E-state index in [9.17, 15) is 14.9 Å². The molecule has 1 aromatic rings. The van der Waals surface area contributed by atoms with Crippen molar-refractivity contribution in [3.63, 3.8) is 0 Å². The first kappa shape index (κ1) is 15.0. The van der Waals surface area contributed by atoms with Crippen molar-refractivity contribution in [2.75, 3.05) is 13.1 Å². The molecule has 0 bridgehead atoms. The third-order valence-corrected chi connectivity index (χ3v) is 3.70. The van der Waals surface area contributed by atoms with Gasteiger partial charge in [-0.3, -0.25) is 10.1 Å². The molecule has 0 aromatic heterocycles. The largest absolute Gasteiger partial charge is 0.364 e. The van der Waals surface area contributed by atoms with Crippen LogP contribution in [0, 0.1) is 10.1 Å². The quantitative estimate of drug-likeness (QED) is 0.630. The fourth-order valence-electron chi connectivity index (χ4n) is 1.97. The zero-order chi connectivity index (χ0) is 14.7. The molecule has 20 heavy (non-hydrogen) atoms. The van der Waals surface area contributed by atoms with Crippen molar-refractivity contribution in [1.29, 1.82) is 0 Å². The van der Waals surface area contributed by atoms with E-state index in [4.69, 9.17) is 28.0 Å². The number of nitro benzene ring substituents is 1. The predicted octanol–water partition coefficient (Wildman–Crippen LogP) is 3.46. The summed E-state index contributed by atoms with van der Waals surface area (Å²) in [6.45, 7) is 1.25. The van der Waals surface area contributed by atoms with Gasteiger partial charge in [0.25, 0.3) is 5.69 Å². The van der Waals surface area contributed by atoms with E-state index >= 15 is 0 Å². The highest BCUT2D eigenvalue weighted by molar-refractivity contribution is 6.42. The molecule has 1 fully saturated rings. The molecule has 1 aliphatic heterocycles. The lowest BCUT2D eigenvalue weighted by Crippen LogP contribution is -2.32. The Hall–Kier alpha value is -1.37. The Labute approximate surface area is 125 Å². The highest BCUT2D eigenvalue weighted by Gasteiger charge is 2.26. The number of piperidine rings is 1. The first-order valence-electron chi connectivity index (χ1n) is 6.09. The van der Waals surface area contributed by atoms with Crippen LogP contribution in [0.1, 0.15) is 29.6 Å². The van der Waals surface area contributed by atoms with Crippen molar-refractivity contribution >= 4 is 34.9 Å². The van der Waals surface area contributed by atoms with E-state index in [2.05, 4.69) is 0 Å². The predicted molar refractivity (Wildman–Crippen MR) is 74.0 cm³/mol. The van der Waals surface area contributed by atoms with Crippen molar-refractivity contribution < 1.29 is 14.6 Å². The van der Waals surface area contributed by atoms with E-state index in [1.54, 1.807) is 0 Å². The van der Waals surface area contributed by atoms with Crippen molar-refractivity contribution in [3.05, 3.63) is 37.9 Å². The van der Waals surface area contributed by atoms with Gasteiger partial charge in [0.2, 0.25) is 0 Å². The van der Waals surface area contributed by atoms with Gasteiger partial charge >= 0.3 is 5.97 Å². The van der Waals surface area contributed by atoms with Crippen LogP contribution < -0.4 is 0 Å². The highest BCUT2D eigenvalue weighted by atomic mass is 35.5. The van der Waals surface area contributed by atoms with Crippen molar-refractivity contribution in [2.45, 2.75) is 19.3 Å². The summed E-state index contributed by atoms with van der Waals surface area (Å²) in [5.41, 5.74) is -0.614. The molecule has 1 heterocycles. The maximum absolute atomic E-state index is 12.0. The molecule has 8 heteroatoms. The summed E-state index contributed by atoms with van der Waals surface area (Å²) in [6, 6.07) is 2.21. The minimum Gasteiger partial charge on any atom is -0.364 e. The number of nitro groups is 1. The highest BCUT2D eigenvalue weighted by Crippen LogP contribution is 2.31. The van der Waals surface area contributed by atoms with Crippen LogP contribution in [-0.2, 0) is 4.84 Å². The molecular weight excluding hydrogens is 307 g/mol. The molecular formula is C12H12Cl2N2O4. The van der Waals surface area contributed by atoms with Crippen LogP contribution in [0.25, 0.3) is 0 Å². The van der Waals surface area contributed by atoms with Crippen LogP contribution in [0.3, 0.4) is 0 Å². The number of rotatable bonds is 3. The first-order valence-corrected chi connectivity index (χ1v) is 6.85. The second-order valence-corrected chi connectivity index (χ2v) is 5.22. The minimum absolute atomic E-state index is 0.0212. The fraction of sp³-hybridized carbons (Fsp3) is 0.417. The van der Waals surface area contributed by atoms with Crippen LogP contribution in [-0.4, -0.2) is 29.0 Å². The third kappa shape index (κ3) is 3.39. The molecule has 1 aliphatic rings. The lowest BCUT2D eigenvalue weighted by atomic mass is 10.2. The Morgan fingerprint density at radius 3 is 2.40 bits per heavy atom. The van der Waals surface area contributed by atoms with Gasteiger partial charge in [-0.1, -0.05) is 29.6 Å². The molecule has 0 aliphatic carbocycles. The van der Waals surface area contributed by atoms with E-state index in [1.807, 2.05) is 0 Å². The molecule has 1 aromatic carbocycles. The van der Waals surface area contributed by atoms with E-state index in [0.29, 0.717) is 13.1 Å². The number of carbonyl (C=O) groups is 1. The lowest BCUT2D eigenvalue weighted by Gasteiger charge is -2.24. The average molecular weight is 319 g/mol. The standard InChI is InChI=1S/C12H12Cl2N2O4/c13-9-6-8(11(16(18)19)7-10(9)14)12(17)20-15-4-2-1-3-5-15/h6-7H,1-5H2. The van der Waals surface area contributed by atoms with Crippen LogP contribution in [0.4, 0.5) is 5.69 Å². The van der Waals surface area contributed by atoms with E-state index in [-0.39, 0.29) is 15.6 Å². The van der Waals surface area contributed by atoms with Gasteiger partial charge in [-0.25, -0.2) is 4.79 Å². The molecule has 0 radical (unpaired) electrons. The molecule has 0 unspecified atom stereocenters. The Kier molecular flexibility index (Phi) is 4.80. The summed E-state index contributed by atoms with van der Waals surface area (Å²) >= 11 is 11.5.